The van der Waals surface area contributed by atoms with Gasteiger partial charge in [0.15, 0.2) is 6.10 Å². The molecule has 0 aromatic heterocycles. The lowest BCUT2D eigenvalue weighted by atomic mass is 10.0. The van der Waals surface area contributed by atoms with Crippen LogP contribution < -0.4 is 5.11 Å². The van der Waals surface area contributed by atoms with Crippen LogP contribution in [0.15, 0.2) is 72.9 Å². The topological polar surface area (TPSA) is 102 Å². The molecular formula is C49H83NO7. The molecule has 8 nitrogen and oxygen atoms in total. The monoisotopic (exact) mass is 798 g/mol. The number of unbranched alkanes of at least 4 members (excludes halogenated alkanes) is 15. The van der Waals surface area contributed by atoms with Gasteiger partial charge in [0.05, 0.1) is 40.3 Å². The van der Waals surface area contributed by atoms with Crippen molar-refractivity contribution >= 4 is 17.9 Å². The lowest BCUT2D eigenvalue weighted by Gasteiger charge is -2.34. The molecule has 0 N–H and O–H groups in total. The van der Waals surface area contributed by atoms with Crippen molar-refractivity contribution in [3.8, 4) is 0 Å². The van der Waals surface area contributed by atoms with Gasteiger partial charge >= 0.3 is 11.9 Å². The molecule has 2 unspecified atom stereocenters. The van der Waals surface area contributed by atoms with Crippen LogP contribution in [0.1, 0.15) is 168 Å². The van der Waals surface area contributed by atoms with Crippen molar-refractivity contribution in [2.24, 2.45) is 0 Å². The third-order valence-electron chi connectivity index (χ3n) is 9.65. The van der Waals surface area contributed by atoms with E-state index in [1.54, 1.807) is 21.1 Å². The van der Waals surface area contributed by atoms with Crippen LogP contribution in [0, 0.1) is 0 Å². The summed E-state index contributed by atoms with van der Waals surface area (Å²) in [5, 5.41) is 11.6. The van der Waals surface area contributed by atoms with E-state index < -0.39 is 18.1 Å². The summed E-state index contributed by atoms with van der Waals surface area (Å²) in [6.45, 7) is 4.38. The van der Waals surface area contributed by atoms with Gasteiger partial charge in [0.2, 0.25) is 0 Å². The van der Waals surface area contributed by atoms with Gasteiger partial charge in [0.1, 0.15) is 12.6 Å². The molecule has 0 saturated carbocycles. The predicted molar refractivity (Wildman–Crippen MR) is 235 cm³/mol. The Kier molecular flexibility index (Phi) is 37.3. The van der Waals surface area contributed by atoms with E-state index in [0.717, 1.165) is 83.5 Å². The average molecular weight is 798 g/mol. The maximum atomic E-state index is 12.7. The number of allylic oxidation sites excluding steroid dienone is 12. The summed E-state index contributed by atoms with van der Waals surface area (Å²) in [7, 11) is 5.39. The van der Waals surface area contributed by atoms with Gasteiger partial charge in [-0.05, 0) is 64.2 Å². The third kappa shape index (κ3) is 38.1. The average Bonchev–Trinajstić information content (AvgIpc) is 3.17. The van der Waals surface area contributed by atoms with Gasteiger partial charge in [-0.2, -0.15) is 0 Å². The zero-order valence-electron chi connectivity index (χ0n) is 37.0. The van der Waals surface area contributed by atoms with Crippen molar-refractivity contribution < 1.29 is 38.2 Å². The maximum absolute atomic E-state index is 12.7. The summed E-state index contributed by atoms with van der Waals surface area (Å²) in [5.74, 6) is -1.77. The van der Waals surface area contributed by atoms with Crippen molar-refractivity contribution in [3.05, 3.63) is 72.9 Å². The predicted octanol–water partition coefficient (Wildman–Crippen LogP) is 11.0. The second kappa shape index (κ2) is 39.6. The number of carbonyl (C=O) groups is 3. The fraction of sp³-hybridized carbons (Fsp3) is 0.694. The van der Waals surface area contributed by atoms with Gasteiger partial charge in [-0.25, -0.2) is 0 Å². The summed E-state index contributed by atoms with van der Waals surface area (Å²) >= 11 is 0. The van der Waals surface area contributed by atoms with E-state index in [4.69, 9.17) is 14.2 Å². The fourth-order valence-corrected chi connectivity index (χ4v) is 6.20. The highest BCUT2D eigenvalue weighted by molar-refractivity contribution is 5.70. The normalized spacial score (nSPS) is 13.6. The number of rotatable bonds is 39. The van der Waals surface area contributed by atoms with E-state index in [-0.39, 0.29) is 42.7 Å². The van der Waals surface area contributed by atoms with Crippen LogP contribution >= 0.6 is 0 Å². The van der Waals surface area contributed by atoms with Crippen molar-refractivity contribution in [2.75, 3.05) is 41.0 Å². The zero-order chi connectivity index (χ0) is 42.1. The number of carboxylic acid groups (broad SMARTS) is 1. The van der Waals surface area contributed by atoms with Crippen LogP contribution in [0.4, 0.5) is 0 Å². The Hall–Kier alpha value is -3.23. The molecule has 0 aliphatic rings. The number of carbonyl (C=O) groups excluding carboxylic acids is 3. The van der Waals surface area contributed by atoms with Gasteiger partial charge in [0.25, 0.3) is 0 Å². The number of aliphatic carboxylic acids is 1. The quantitative estimate of drug-likeness (QED) is 0.0201. The molecule has 0 bridgehead atoms. The van der Waals surface area contributed by atoms with E-state index in [9.17, 15) is 19.5 Å². The summed E-state index contributed by atoms with van der Waals surface area (Å²) in [4.78, 5) is 36.9. The largest absolute Gasteiger partial charge is 0.544 e. The molecule has 0 radical (unpaired) electrons. The SMILES string of the molecule is CC/C=C/C=C/C=C/CCCCCCCC(=O)OCC(COCCC(C(=O)[O-])[N+](C)(C)C)OC(=O)CCCCCCCCCCCC/C=C/C/C=C/C/C=C/CC. The molecule has 0 saturated heterocycles. The van der Waals surface area contributed by atoms with Crippen molar-refractivity contribution in [1.82, 2.24) is 0 Å². The Labute approximate surface area is 349 Å². The lowest BCUT2D eigenvalue weighted by molar-refractivity contribution is -0.889. The fourth-order valence-electron chi connectivity index (χ4n) is 6.20. The molecule has 0 aliphatic heterocycles. The summed E-state index contributed by atoms with van der Waals surface area (Å²) < 4.78 is 17.1. The number of carboxylic acids is 1. The number of hydrogen-bond donors (Lipinski definition) is 0. The summed E-state index contributed by atoms with van der Waals surface area (Å²) in [6.07, 6.45) is 49.3. The zero-order valence-corrected chi connectivity index (χ0v) is 37.0. The summed E-state index contributed by atoms with van der Waals surface area (Å²) in [6, 6.07) is -0.732. The summed E-state index contributed by atoms with van der Waals surface area (Å²) in [5.41, 5.74) is 0. The van der Waals surface area contributed by atoms with Crippen LogP contribution in [0.2, 0.25) is 0 Å². The smallest absolute Gasteiger partial charge is 0.306 e. The van der Waals surface area contributed by atoms with E-state index >= 15 is 0 Å². The van der Waals surface area contributed by atoms with E-state index in [1.807, 2.05) is 6.08 Å². The van der Waals surface area contributed by atoms with Crippen LogP contribution in [0.25, 0.3) is 0 Å². The first kappa shape index (κ1) is 53.8. The molecule has 0 spiro atoms. The minimum atomic E-state index is -1.13. The molecule has 326 valence electrons. The minimum absolute atomic E-state index is 0.0291. The van der Waals surface area contributed by atoms with E-state index in [1.165, 1.54) is 51.4 Å². The maximum Gasteiger partial charge on any atom is 0.306 e. The van der Waals surface area contributed by atoms with Gasteiger partial charge in [-0.3, -0.25) is 9.59 Å². The first-order valence-electron chi connectivity index (χ1n) is 22.5. The van der Waals surface area contributed by atoms with Crippen molar-refractivity contribution in [2.45, 2.75) is 180 Å². The third-order valence-corrected chi connectivity index (χ3v) is 9.65. The van der Waals surface area contributed by atoms with E-state index in [0.29, 0.717) is 12.8 Å². The standard InChI is InChI=1S/C49H83NO7/c1-6-8-10-12-14-16-18-20-21-22-23-24-25-26-28-30-32-34-36-38-40-48(52)57-45(43-55-42-41-46(49(53)54)50(3,4)5)44-56-47(51)39-37-35-33-31-29-27-19-17-15-13-11-9-7-2/h8-11,13-17,19-21,45-46H,6-7,12,18,22-44H2,1-5H3/b10-8+,11-9+,15-13+,16-14+,19-17+,21-20+. The molecule has 0 fully saturated rings. The molecular weight excluding hydrogens is 715 g/mol. The number of nitrogens with zero attached hydrogens (tertiary/aromatic N) is 1. The number of likely N-dealkylation sites (N-methyl/N-ethyl adjacent to an activating group) is 1. The highest BCUT2D eigenvalue weighted by Gasteiger charge is 2.25. The van der Waals surface area contributed by atoms with Gasteiger partial charge in [-0.1, -0.05) is 157 Å². The van der Waals surface area contributed by atoms with Gasteiger partial charge < -0.3 is 28.6 Å². The van der Waals surface area contributed by atoms with Gasteiger partial charge in [-0.15, -0.1) is 0 Å². The molecule has 8 heteroatoms. The highest BCUT2D eigenvalue weighted by Crippen LogP contribution is 2.14. The number of esters is 2. The van der Waals surface area contributed by atoms with Gasteiger partial charge in [0, 0.05) is 19.3 Å². The van der Waals surface area contributed by atoms with Crippen LogP contribution in [-0.2, 0) is 28.6 Å². The number of quaternary nitrogens is 1. The Balaban J connectivity index is 4.33. The highest BCUT2D eigenvalue weighted by atomic mass is 16.6. The molecule has 2 atom stereocenters. The van der Waals surface area contributed by atoms with Crippen LogP contribution in [0.5, 0.6) is 0 Å². The molecule has 0 rings (SSSR count). The Morgan fingerprint density at radius 3 is 1.56 bits per heavy atom. The van der Waals surface area contributed by atoms with Crippen molar-refractivity contribution in [1.29, 1.82) is 0 Å². The lowest BCUT2D eigenvalue weighted by Crippen LogP contribution is -2.55. The molecule has 0 aliphatic carbocycles. The van der Waals surface area contributed by atoms with Crippen LogP contribution in [-0.4, -0.2) is 75.5 Å². The van der Waals surface area contributed by atoms with Crippen molar-refractivity contribution in [3.63, 3.8) is 0 Å². The van der Waals surface area contributed by atoms with E-state index in [2.05, 4.69) is 80.7 Å². The second-order valence-electron chi connectivity index (χ2n) is 15.9. The minimum Gasteiger partial charge on any atom is -0.544 e. The first-order chi connectivity index (χ1) is 27.6. The molecule has 0 amide bonds. The Morgan fingerprint density at radius 1 is 0.544 bits per heavy atom. The molecule has 0 aromatic carbocycles. The second-order valence-corrected chi connectivity index (χ2v) is 15.9. The first-order valence-corrected chi connectivity index (χ1v) is 22.5. The Morgan fingerprint density at radius 2 is 1.02 bits per heavy atom. The van der Waals surface area contributed by atoms with Crippen LogP contribution in [0.3, 0.4) is 0 Å². The number of hydrogen-bond acceptors (Lipinski definition) is 7. The number of ether oxygens (including phenoxy) is 3. The Bertz CT molecular complexity index is 1160. The molecule has 0 heterocycles. The molecule has 0 aromatic rings. The molecule has 57 heavy (non-hydrogen) atoms.